The maximum Gasteiger partial charge on any atom is 0.334 e. The quantitative estimate of drug-likeness (QED) is 0.568. The van der Waals surface area contributed by atoms with Gasteiger partial charge in [-0.1, -0.05) is 30.3 Å². The number of carbonyl (C=O) groups is 3. The molecular weight excluding hydrogens is 220 g/mol. The van der Waals surface area contributed by atoms with Crippen LogP contribution >= 0.6 is 0 Å². The van der Waals surface area contributed by atoms with Crippen LogP contribution < -0.4 is 0 Å². The molecule has 1 atom stereocenters. The van der Waals surface area contributed by atoms with E-state index in [1.165, 1.54) is 7.05 Å². The molecule has 1 aromatic carbocycles. The van der Waals surface area contributed by atoms with Crippen molar-refractivity contribution < 1.29 is 14.4 Å². The Balaban J connectivity index is 2.33. The molecule has 0 N–H and O–H groups in total. The summed E-state index contributed by atoms with van der Waals surface area (Å²) in [6.45, 7) is 1.72. The number of nitrogens with zero attached hydrogens (tertiary/aromatic N) is 2. The topological polar surface area (TPSA) is 57.7 Å². The highest BCUT2D eigenvalue weighted by Crippen LogP contribution is 2.25. The number of imide groups is 2. The summed E-state index contributed by atoms with van der Waals surface area (Å²) in [6, 6.07) is 8.11. The second kappa shape index (κ2) is 4.01. The highest BCUT2D eigenvalue weighted by molar-refractivity contribution is 6.44. The molecule has 1 saturated heterocycles. The molecule has 88 valence electrons. The van der Waals surface area contributed by atoms with Gasteiger partial charge in [-0.05, 0) is 12.5 Å². The van der Waals surface area contributed by atoms with Crippen molar-refractivity contribution in [3.8, 4) is 0 Å². The number of hydrogen-bond acceptors (Lipinski definition) is 3. The van der Waals surface area contributed by atoms with Crippen molar-refractivity contribution in [1.82, 2.24) is 9.80 Å². The van der Waals surface area contributed by atoms with E-state index in [2.05, 4.69) is 0 Å². The second-order valence-corrected chi connectivity index (χ2v) is 3.91. The first kappa shape index (κ1) is 11.3. The van der Waals surface area contributed by atoms with Crippen molar-refractivity contribution in [2.24, 2.45) is 0 Å². The summed E-state index contributed by atoms with van der Waals surface area (Å²) in [7, 11) is 1.31. The first-order valence-corrected chi connectivity index (χ1v) is 5.24. The SMILES string of the molecule is CC(c1ccccc1)N1C(=O)C(=O)N(C)C1=O. The largest absolute Gasteiger partial charge is 0.334 e. The number of likely N-dealkylation sites (N-methyl/N-ethyl adjacent to an activating group) is 1. The maximum atomic E-state index is 11.8. The fraction of sp³-hybridized carbons (Fsp3) is 0.250. The Kier molecular flexibility index (Phi) is 2.67. The number of rotatable bonds is 2. The third-order valence-corrected chi connectivity index (χ3v) is 2.87. The molecule has 1 unspecified atom stereocenters. The van der Waals surface area contributed by atoms with Gasteiger partial charge in [0.15, 0.2) is 0 Å². The number of carbonyl (C=O) groups excluding carboxylic acids is 3. The van der Waals surface area contributed by atoms with Gasteiger partial charge in [0.25, 0.3) is 0 Å². The molecule has 2 rings (SSSR count). The van der Waals surface area contributed by atoms with Gasteiger partial charge in [-0.25, -0.2) is 9.69 Å². The first-order chi connectivity index (χ1) is 8.04. The van der Waals surface area contributed by atoms with Crippen molar-refractivity contribution in [2.75, 3.05) is 7.05 Å². The molecule has 4 amide bonds. The number of benzene rings is 1. The molecule has 1 fully saturated rings. The smallest absolute Gasteiger partial charge is 0.263 e. The van der Waals surface area contributed by atoms with Crippen molar-refractivity contribution in [2.45, 2.75) is 13.0 Å². The molecule has 0 aromatic heterocycles. The van der Waals surface area contributed by atoms with E-state index >= 15 is 0 Å². The minimum atomic E-state index is -0.780. The third kappa shape index (κ3) is 1.69. The van der Waals surface area contributed by atoms with Gasteiger partial charge in [0.05, 0.1) is 6.04 Å². The Hall–Kier alpha value is -2.17. The predicted molar refractivity (Wildman–Crippen MR) is 59.9 cm³/mol. The van der Waals surface area contributed by atoms with Gasteiger partial charge in [-0.2, -0.15) is 0 Å². The van der Waals surface area contributed by atoms with E-state index in [-0.39, 0.29) is 0 Å². The lowest BCUT2D eigenvalue weighted by Gasteiger charge is -2.21. The Morgan fingerprint density at radius 3 is 2.06 bits per heavy atom. The van der Waals surface area contributed by atoms with Crippen LogP contribution in [0.15, 0.2) is 30.3 Å². The molecular formula is C12H12N2O3. The van der Waals surface area contributed by atoms with Gasteiger partial charge in [-0.3, -0.25) is 14.5 Å². The lowest BCUT2D eigenvalue weighted by molar-refractivity contribution is -0.143. The Bertz CT molecular complexity index is 484. The van der Waals surface area contributed by atoms with Gasteiger partial charge in [0, 0.05) is 7.05 Å². The molecule has 1 aliphatic rings. The van der Waals surface area contributed by atoms with Crippen LogP contribution in [0.3, 0.4) is 0 Å². The molecule has 17 heavy (non-hydrogen) atoms. The van der Waals surface area contributed by atoms with E-state index in [0.717, 1.165) is 15.4 Å². The Morgan fingerprint density at radius 1 is 1.00 bits per heavy atom. The van der Waals surface area contributed by atoms with Gasteiger partial charge in [-0.15, -0.1) is 0 Å². The van der Waals surface area contributed by atoms with Crippen LogP contribution in [0.1, 0.15) is 18.5 Å². The highest BCUT2D eigenvalue weighted by Gasteiger charge is 2.44. The monoisotopic (exact) mass is 232 g/mol. The van der Waals surface area contributed by atoms with E-state index in [0.29, 0.717) is 0 Å². The van der Waals surface area contributed by atoms with E-state index in [1.54, 1.807) is 6.92 Å². The Labute approximate surface area is 98.6 Å². The summed E-state index contributed by atoms with van der Waals surface area (Å²) in [5.41, 5.74) is 0.817. The Morgan fingerprint density at radius 2 is 1.59 bits per heavy atom. The summed E-state index contributed by atoms with van der Waals surface area (Å²) >= 11 is 0. The predicted octanol–water partition coefficient (Wildman–Crippen LogP) is 1.17. The van der Waals surface area contributed by atoms with E-state index in [1.807, 2.05) is 30.3 Å². The van der Waals surface area contributed by atoms with Crippen LogP contribution in [0.5, 0.6) is 0 Å². The molecule has 1 aliphatic heterocycles. The van der Waals surface area contributed by atoms with Crippen LogP contribution in [0.4, 0.5) is 4.79 Å². The zero-order valence-electron chi connectivity index (χ0n) is 9.58. The van der Waals surface area contributed by atoms with Crippen LogP contribution in [0.2, 0.25) is 0 Å². The summed E-state index contributed by atoms with van der Waals surface area (Å²) in [6.07, 6.45) is 0. The average Bonchev–Trinajstić information content (AvgIpc) is 2.54. The molecule has 1 aromatic rings. The molecule has 1 heterocycles. The van der Waals surface area contributed by atoms with Crippen LogP contribution in [0.25, 0.3) is 0 Å². The molecule has 0 radical (unpaired) electrons. The normalized spacial score (nSPS) is 17.9. The van der Waals surface area contributed by atoms with Gasteiger partial charge in [0.2, 0.25) is 0 Å². The fourth-order valence-corrected chi connectivity index (χ4v) is 1.80. The summed E-state index contributed by atoms with van der Waals surface area (Å²) < 4.78 is 0. The van der Waals surface area contributed by atoms with Gasteiger partial charge < -0.3 is 0 Å². The molecule has 5 nitrogen and oxygen atoms in total. The number of hydrogen-bond donors (Lipinski definition) is 0. The lowest BCUT2D eigenvalue weighted by atomic mass is 10.1. The maximum absolute atomic E-state index is 11.8. The molecule has 0 bridgehead atoms. The summed E-state index contributed by atoms with van der Waals surface area (Å²) in [5.74, 6) is -1.55. The van der Waals surface area contributed by atoms with Crippen LogP contribution in [0, 0.1) is 0 Å². The highest BCUT2D eigenvalue weighted by atomic mass is 16.2. The molecule has 5 heteroatoms. The average molecular weight is 232 g/mol. The van der Waals surface area contributed by atoms with Crippen molar-refractivity contribution in [1.29, 1.82) is 0 Å². The van der Waals surface area contributed by atoms with Crippen molar-refractivity contribution in [3.05, 3.63) is 35.9 Å². The zero-order valence-corrected chi connectivity index (χ0v) is 9.58. The van der Waals surface area contributed by atoms with Crippen LogP contribution in [-0.4, -0.2) is 34.7 Å². The minimum absolute atomic E-state index is 0.440. The lowest BCUT2D eigenvalue weighted by Crippen LogP contribution is -2.34. The molecule has 0 aliphatic carbocycles. The van der Waals surface area contributed by atoms with E-state index in [9.17, 15) is 14.4 Å². The standard InChI is InChI=1S/C12H12N2O3/c1-8(9-6-4-3-5-7-9)14-11(16)10(15)13(2)12(14)17/h3-8H,1-2H3. The molecule has 0 spiro atoms. The summed E-state index contributed by atoms with van der Waals surface area (Å²) in [5, 5.41) is 0. The van der Waals surface area contributed by atoms with Gasteiger partial charge >= 0.3 is 17.8 Å². The second-order valence-electron chi connectivity index (χ2n) is 3.91. The zero-order chi connectivity index (χ0) is 12.6. The van der Waals surface area contributed by atoms with E-state index in [4.69, 9.17) is 0 Å². The fourth-order valence-electron chi connectivity index (χ4n) is 1.80. The third-order valence-electron chi connectivity index (χ3n) is 2.87. The first-order valence-electron chi connectivity index (χ1n) is 5.24. The van der Waals surface area contributed by atoms with Crippen molar-refractivity contribution >= 4 is 17.8 Å². The van der Waals surface area contributed by atoms with Gasteiger partial charge in [0.1, 0.15) is 0 Å². The van der Waals surface area contributed by atoms with Crippen molar-refractivity contribution in [3.63, 3.8) is 0 Å². The summed E-state index contributed by atoms with van der Waals surface area (Å²) in [4.78, 5) is 36.6. The molecule has 0 saturated carbocycles. The van der Waals surface area contributed by atoms with E-state index < -0.39 is 23.9 Å². The number of amides is 4. The number of urea groups is 1. The van der Waals surface area contributed by atoms with Crippen LogP contribution in [-0.2, 0) is 9.59 Å². The minimum Gasteiger partial charge on any atom is -0.263 e.